The number of methoxy groups -OCH3 is 1. The first kappa shape index (κ1) is 16.3. The number of nitrogens with zero attached hydrogens (tertiary/aromatic N) is 3. The number of rotatable bonds is 7. The van der Waals surface area contributed by atoms with Crippen molar-refractivity contribution in [3.63, 3.8) is 0 Å². The minimum atomic E-state index is -0.198. The highest BCUT2D eigenvalue weighted by Crippen LogP contribution is 2.12. The summed E-state index contributed by atoms with van der Waals surface area (Å²) in [5.74, 6) is 0.555. The number of benzene rings is 1. The van der Waals surface area contributed by atoms with Gasteiger partial charge in [0.1, 0.15) is 5.75 Å². The number of carbonyl (C=O) groups excluding carboxylic acids is 1. The summed E-state index contributed by atoms with van der Waals surface area (Å²) in [6.07, 6.45) is 3.67. The fraction of sp³-hybridized carbons (Fsp3) is 0.312. The summed E-state index contributed by atoms with van der Waals surface area (Å²) in [6.45, 7) is 0.675. The molecule has 21 heavy (non-hydrogen) atoms. The van der Waals surface area contributed by atoms with Crippen molar-refractivity contribution >= 4 is 12.0 Å². The molecule has 0 fully saturated rings. The van der Waals surface area contributed by atoms with Crippen LogP contribution in [-0.2, 0) is 4.79 Å². The van der Waals surface area contributed by atoms with Gasteiger partial charge in [0.2, 0.25) is 5.91 Å². The minimum Gasteiger partial charge on any atom is -0.497 e. The predicted octanol–water partition coefficient (Wildman–Crippen LogP) is 2.36. The zero-order chi connectivity index (χ0) is 15.5. The maximum atomic E-state index is 12.0. The van der Waals surface area contributed by atoms with E-state index in [1.807, 2.05) is 36.4 Å². The van der Waals surface area contributed by atoms with Crippen LogP contribution in [0.15, 0.2) is 30.3 Å². The Morgan fingerprint density at radius 3 is 2.24 bits per heavy atom. The molecule has 0 heterocycles. The Morgan fingerprint density at radius 1 is 1.19 bits per heavy atom. The zero-order valence-electron chi connectivity index (χ0n) is 12.0. The van der Waals surface area contributed by atoms with E-state index in [2.05, 4.69) is 0 Å². The molecule has 5 heteroatoms. The molecule has 0 aromatic heterocycles. The van der Waals surface area contributed by atoms with E-state index < -0.39 is 0 Å². The first-order chi connectivity index (χ1) is 10.2. The van der Waals surface area contributed by atoms with E-state index in [-0.39, 0.29) is 18.7 Å². The summed E-state index contributed by atoms with van der Waals surface area (Å²) >= 11 is 0. The summed E-state index contributed by atoms with van der Waals surface area (Å²) in [4.78, 5) is 13.6. The third-order valence-electron chi connectivity index (χ3n) is 2.83. The second kappa shape index (κ2) is 9.17. The number of ether oxygens (including phenoxy) is 1. The molecule has 1 aromatic rings. The number of amides is 1. The van der Waals surface area contributed by atoms with Crippen LogP contribution in [0.4, 0.5) is 0 Å². The first-order valence-electron chi connectivity index (χ1n) is 6.56. The van der Waals surface area contributed by atoms with E-state index >= 15 is 0 Å². The molecule has 5 nitrogen and oxygen atoms in total. The van der Waals surface area contributed by atoms with Crippen molar-refractivity contribution in [3.05, 3.63) is 35.9 Å². The molecule has 0 atom stereocenters. The largest absolute Gasteiger partial charge is 0.497 e. The van der Waals surface area contributed by atoms with E-state index in [0.29, 0.717) is 13.1 Å². The van der Waals surface area contributed by atoms with Crippen molar-refractivity contribution < 1.29 is 9.53 Å². The molecular formula is C16H17N3O2. The van der Waals surface area contributed by atoms with Crippen molar-refractivity contribution in [2.75, 3.05) is 20.2 Å². The van der Waals surface area contributed by atoms with Crippen molar-refractivity contribution in [1.29, 1.82) is 10.5 Å². The highest BCUT2D eigenvalue weighted by Gasteiger charge is 2.09. The Hall–Kier alpha value is -2.79. The zero-order valence-corrected chi connectivity index (χ0v) is 12.0. The Labute approximate surface area is 124 Å². The van der Waals surface area contributed by atoms with Gasteiger partial charge in [-0.3, -0.25) is 4.79 Å². The fourth-order valence-corrected chi connectivity index (χ4v) is 1.69. The van der Waals surface area contributed by atoms with E-state index in [4.69, 9.17) is 15.3 Å². The van der Waals surface area contributed by atoms with Gasteiger partial charge < -0.3 is 9.64 Å². The van der Waals surface area contributed by atoms with Gasteiger partial charge in [0, 0.05) is 19.2 Å². The van der Waals surface area contributed by atoms with Crippen molar-refractivity contribution in [2.45, 2.75) is 12.8 Å². The normalized spacial score (nSPS) is 9.86. The van der Waals surface area contributed by atoms with Crippen LogP contribution in [0, 0.1) is 22.7 Å². The molecule has 0 unspecified atom stereocenters. The molecule has 0 saturated heterocycles. The summed E-state index contributed by atoms with van der Waals surface area (Å²) in [5.41, 5.74) is 0.879. The monoisotopic (exact) mass is 283 g/mol. The first-order valence-corrected chi connectivity index (χ1v) is 6.56. The van der Waals surface area contributed by atoms with Gasteiger partial charge in [0.05, 0.1) is 32.1 Å². The summed E-state index contributed by atoms with van der Waals surface area (Å²) in [5, 5.41) is 17.2. The molecule has 1 amide bonds. The number of carbonyl (C=O) groups is 1. The second-order valence-electron chi connectivity index (χ2n) is 4.25. The Kier molecular flexibility index (Phi) is 7.10. The molecular weight excluding hydrogens is 266 g/mol. The average Bonchev–Trinajstić information content (AvgIpc) is 2.53. The average molecular weight is 283 g/mol. The van der Waals surface area contributed by atoms with Gasteiger partial charge in [-0.15, -0.1) is 0 Å². The molecule has 0 bridgehead atoms. The lowest BCUT2D eigenvalue weighted by atomic mass is 10.2. The highest BCUT2D eigenvalue weighted by atomic mass is 16.5. The Balaban J connectivity index is 2.67. The highest BCUT2D eigenvalue weighted by molar-refractivity contribution is 5.91. The topological polar surface area (TPSA) is 77.1 Å². The number of hydrogen-bond donors (Lipinski definition) is 0. The van der Waals surface area contributed by atoms with Crippen molar-refractivity contribution in [1.82, 2.24) is 4.90 Å². The molecule has 0 aliphatic heterocycles. The molecule has 0 aliphatic carbocycles. The van der Waals surface area contributed by atoms with Crippen LogP contribution in [-0.4, -0.2) is 31.0 Å². The van der Waals surface area contributed by atoms with E-state index in [0.717, 1.165) is 11.3 Å². The van der Waals surface area contributed by atoms with Crippen molar-refractivity contribution in [3.8, 4) is 17.9 Å². The van der Waals surface area contributed by atoms with Gasteiger partial charge in [-0.2, -0.15) is 10.5 Å². The van der Waals surface area contributed by atoms with Gasteiger partial charge in [-0.1, -0.05) is 12.1 Å². The van der Waals surface area contributed by atoms with Gasteiger partial charge in [0.15, 0.2) is 0 Å². The Bertz CT molecular complexity index is 547. The second-order valence-corrected chi connectivity index (χ2v) is 4.25. The molecule has 0 spiro atoms. The maximum absolute atomic E-state index is 12.0. The van der Waals surface area contributed by atoms with E-state index in [1.54, 1.807) is 13.2 Å². The summed E-state index contributed by atoms with van der Waals surface area (Å²) in [6, 6.07) is 11.3. The van der Waals surface area contributed by atoms with Gasteiger partial charge in [0.25, 0.3) is 0 Å². The molecule has 1 aromatic carbocycles. The van der Waals surface area contributed by atoms with E-state index in [1.165, 1.54) is 11.0 Å². The quantitative estimate of drug-likeness (QED) is 0.720. The third-order valence-corrected chi connectivity index (χ3v) is 2.83. The lowest BCUT2D eigenvalue weighted by molar-refractivity contribution is -0.125. The fourth-order valence-electron chi connectivity index (χ4n) is 1.69. The standard InChI is InChI=1S/C16H17N3O2/c1-21-15-7-4-14(5-8-15)6-9-16(20)19(12-2-10-17)13-3-11-18/h4-9H,2-3,12-13H2,1H3/b9-6+. The van der Waals surface area contributed by atoms with E-state index in [9.17, 15) is 4.79 Å². The molecule has 0 radical (unpaired) electrons. The van der Waals surface area contributed by atoms with Crippen LogP contribution in [0.25, 0.3) is 6.08 Å². The predicted molar refractivity (Wildman–Crippen MR) is 79.1 cm³/mol. The van der Waals surface area contributed by atoms with Gasteiger partial charge in [-0.25, -0.2) is 0 Å². The number of nitriles is 2. The van der Waals surface area contributed by atoms with Crippen LogP contribution < -0.4 is 4.74 Å². The lowest BCUT2D eigenvalue weighted by Crippen LogP contribution is -2.31. The van der Waals surface area contributed by atoms with Crippen molar-refractivity contribution in [2.24, 2.45) is 0 Å². The molecule has 0 N–H and O–H groups in total. The SMILES string of the molecule is COc1ccc(/C=C/C(=O)N(CCC#N)CCC#N)cc1. The molecule has 0 aliphatic rings. The molecule has 108 valence electrons. The van der Waals surface area contributed by atoms with Gasteiger partial charge >= 0.3 is 0 Å². The lowest BCUT2D eigenvalue weighted by Gasteiger charge is -2.18. The van der Waals surface area contributed by atoms with Crippen LogP contribution in [0.2, 0.25) is 0 Å². The molecule has 1 rings (SSSR count). The van der Waals surface area contributed by atoms with Crippen LogP contribution in [0.3, 0.4) is 0 Å². The minimum absolute atomic E-state index is 0.198. The Morgan fingerprint density at radius 2 is 1.76 bits per heavy atom. The summed E-state index contributed by atoms with van der Waals surface area (Å²) < 4.78 is 5.06. The third kappa shape index (κ3) is 5.80. The van der Waals surface area contributed by atoms with Crippen LogP contribution in [0.5, 0.6) is 5.75 Å². The van der Waals surface area contributed by atoms with Crippen LogP contribution >= 0.6 is 0 Å². The number of hydrogen-bond acceptors (Lipinski definition) is 4. The summed E-state index contributed by atoms with van der Waals surface area (Å²) in [7, 11) is 1.59. The van der Waals surface area contributed by atoms with Gasteiger partial charge in [-0.05, 0) is 23.8 Å². The smallest absolute Gasteiger partial charge is 0.246 e. The maximum Gasteiger partial charge on any atom is 0.246 e. The molecule has 0 saturated carbocycles. The van der Waals surface area contributed by atoms with Crippen LogP contribution in [0.1, 0.15) is 18.4 Å².